The molecule has 3 atom stereocenters. The van der Waals surface area contributed by atoms with Crippen molar-refractivity contribution in [3.8, 4) is 5.75 Å². The first-order chi connectivity index (χ1) is 15.0. The van der Waals surface area contributed by atoms with Crippen LogP contribution in [-0.2, 0) is 27.3 Å². The molecule has 2 amide bonds. The molecule has 31 heavy (non-hydrogen) atoms. The van der Waals surface area contributed by atoms with Crippen molar-refractivity contribution in [1.82, 2.24) is 20.6 Å². The molecule has 10 nitrogen and oxygen atoms in total. The van der Waals surface area contributed by atoms with Crippen LogP contribution >= 0.6 is 0 Å². The molecule has 10 heteroatoms. The summed E-state index contributed by atoms with van der Waals surface area (Å²) in [5.41, 5.74) is 1.43. The summed E-state index contributed by atoms with van der Waals surface area (Å²) in [7, 11) is 1.56. The molecule has 1 aliphatic carbocycles. The second kappa shape index (κ2) is 12.2. The van der Waals surface area contributed by atoms with Crippen molar-refractivity contribution in [3.63, 3.8) is 0 Å². The first-order valence-electron chi connectivity index (χ1n) is 9.68. The summed E-state index contributed by atoms with van der Waals surface area (Å²) in [5.74, 6) is -0.0885. The van der Waals surface area contributed by atoms with E-state index in [4.69, 9.17) is 14.6 Å². The average Bonchev–Trinajstić information content (AvgIpc) is 3.14. The number of amides is 2. The number of hydrogen-bond donors (Lipinski definition) is 4. The Morgan fingerprint density at radius 3 is 2.68 bits per heavy atom. The molecule has 0 bridgehead atoms. The van der Waals surface area contributed by atoms with Crippen LogP contribution in [0.25, 0.3) is 0 Å². The van der Waals surface area contributed by atoms with E-state index < -0.39 is 12.1 Å². The average molecular weight is 430 g/mol. The van der Waals surface area contributed by atoms with Crippen molar-refractivity contribution in [2.24, 2.45) is 5.92 Å². The molecule has 1 aliphatic rings. The maximum absolute atomic E-state index is 12.4. The Hall–Kier alpha value is -3.53. The lowest BCUT2D eigenvalue weighted by atomic mass is 10.1. The number of nitrogens with one attached hydrogen (secondary N) is 2. The summed E-state index contributed by atoms with van der Waals surface area (Å²) in [4.78, 5) is 41.2. The smallest absolute Gasteiger partial charge is 0.290 e. The van der Waals surface area contributed by atoms with Gasteiger partial charge in [0, 0.05) is 23.9 Å². The fourth-order valence-corrected chi connectivity index (χ4v) is 3.41. The summed E-state index contributed by atoms with van der Waals surface area (Å²) in [6.45, 7) is 0.0318. The normalized spacial score (nSPS) is 19.5. The molecule has 4 N–H and O–H groups in total. The number of carbonyl (C=O) groups is 3. The third-order valence-corrected chi connectivity index (χ3v) is 4.85. The van der Waals surface area contributed by atoms with Gasteiger partial charge in [-0.25, -0.2) is 0 Å². The Bertz CT molecular complexity index is 864. The number of methoxy groups -OCH3 is 1. The van der Waals surface area contributed by atoms with E-state index in [1.165, 1.54) is 0 Å². The van der Waals surface area contributed by atoms with Gasteiger partial charge < -0.3 is 25.6 Å². The van der Waals surface area contributed by atoms with E-state index in [0.29, 0.717) is 24.3 Å². The summed E-state index contributed by atoms with van der Waals surface area (Å²) >= 11 is 0. The lowest BCUT2D eigenvalue weighted by molar-refractivity contribution is -0.125. The Morgan fingerprint density at radius 1 is 1.26 bits per heavy atom. The number of para-hydroxylation sites is 1. The van der Waals surface area contributed by atoms with Gasteiger partial charge in [-0.3, -0.25) is 24.4 Å². The number of ether oxygens (including phenoxy) is 1. The van der Waals surface area contributed by atoms with Crippen molar-refractivity contribution >= 4 is 18.3 Å². The lowest BCUT2D eigenvalue weighted by Crippen LogP contribution is -2.40. The third-order valence-electron chi connectivity index (χ3n) is 4.85. The maximum Gasteiger partial charge on any atom is 0.290 e. The van der Waals surface area contributed by atoms with Crippen molar-refractivity contribution in [2.45, 2.75) is 38.0 Å². The van der Waals surface area contributed by atoms with Crippen molar-refractivity contribution in [2.75, 3.05) is 7.11 Å². The minimum atomic E-state index is -0.756. The van der Waals surface area contributed by atoms with Crippen LogP contribution in [0.4, 0.5) is 0 Å². The van der Waals surface area contributed by atoms with E-state index in [9.17, 15) is 14.7 Å². The van der Waals surface area contributed by atoms with Gasteiger partial charge in [0.05, 0.1) is 44.1 Å². The van der Waals surface area contributed by atoms with E-state index in [2.05, 4.69) is 20.6 Å². The predicted molar refractivity (Wildman–Crippen MR) is 110 cm³/mol. The highest BCUT2D eigenvalue weighted by Crippen LogP contribution is 2.27. The van der Waals surface area contributed by atoms with Crippen LogP contribution in [0, 0.1) is 5.92 Å². The minimum Gasteiger partial charge on any atom is -0.496 e. The molecule has 0 spiro atoms. The molecule has 1 aromatic heterocycles. The van der Waals surface area contributed by atoms with Crippen molar-refractivity contribution in [1.29, 1.82) is 0 Å². The van der Waals surface area contributed by atoms with Gasteiger partial charge in [-0.2, -0.15) is 0 Å². The number of aromatic nitrogens is 2. The number of aliphatic hydroxyl groups excluding tert-OH is 1. The molecule has 0 aliphatic heterocycles. The summed E-state index contributed by atoms with van der Waals surface area (Å²) in [6.07, 6.45) is 4.82. The van der Waals surface area contributed by atoms with E-state index in [0.717, 1.165) is 5.56 Å². The zero-order chi connectivity index (χ0) is 22.6. The van der Waals surface area contributed by atoms with Gasteiger partial charge in [-0.05, 0) is 18.9 Å². The van der Waals surface area contributed by atoms with E-state index in [-0.39, 0.29) is 37.2 Å². The van der Waals surface area contributed by atoms with Gasteiger partial charge in [0.25, 0.3) is 6.47 Å². The topological polar surface area (TPSA) is 151 Å². The van der Waals surface area contributed by atoms with Gasteiger partial charge in [0.15, 0.2) is 0 Å². The highest BCUT2D eigenvalue weighted by molar-refractivity contribution is 5.81. The second-order valence-corrected chi connectivity index (χ2v) is 6.92. The van der Waals surface area contributed by atoms with Gasteiger partial charge >= 0.3 is 0 Å². The first kappa shape index (κ1) is 23.7. The highest BCUT2D eigenvalue weighted by atomic mass is 16.5. The second-order valence-electron chi connectivity index (χ2n) is 6.92. The van der Waals surface area contributed by atoms with Crippen LogP contribution < -0.4 is 15.4 Å². The summed E-state index contributed by atoms with van der Waals surface area (Å²) in [5, 5.41) is 22.8. The molecule has 1 saturated carbocycles. The molecule has 0 saturated heterocycles. The first-order valence-corrected chi connectivity index (χ1v) is 9.68. The zero-order valence-electron chi connectivity index (χ0n) is 17.1. The van der Waals surface area contributed by atoms with Crippen molar-refractivity contribution < 1.29 is 29.3 Å². The van der Waals surface area contributed by atoms with Crippen molar-refractivity contribution in [3.05, 3.63) is 54.1 Å². The number of carbonyl (C=O) groups excluding carboxylic acids is 2. The molecule has 1 fully saturated rings. The SMILES string of the molecule is COc1ccccc1CC(=O)N[C@@H]1C[C@H](C(=O)NCc2cnccn2)C[C@H]1O.O=CO. The summed E-state index contributed by atoms with van der Waals surface area (Å²) in [6, 6.07) is 6.85. The predicted octanol–water partition coefficient (Wildman–Crippen LogP) is 0.301. The van der Waals surface area contributed by atoms with Gasteiger partial charge in [-0.15, -0.1) is 0 Å². The van der Waals surface area contributed by atoms with E-state index in [1.54, 1.807) is 31.8 Å². The molecular weight excluding hydrogens is 404 g/mol. The molecule has 3 rings (SSSR count). The Balaban J connectivity index is 0.00000107. The van der Waals surface area contributed by atoms with Crippen LogP contribution in [-0.4, -0.2) is 57.7 Å². The van der Waals surface area contributed by atoms with Gasteiger partial charge in [0.1, 0.15) is 5.75 Å². The fourth-order valence-electron chi connectivity index (χ4n) is 3.41. The molecule has 0 radical (unpaired) electrons. The minimum absolute atomic E-state index is 0.150. The highest BCUT2D eigenvalue weighted by Gasteiger charge is 2.37. The molecule has 1 heterocycles. The molecule has 166 valence electrons. The third kappa shape index (κ3) is 7.34. The number of benzene rings is 1. The van der Waals surface area contributed by atoms with Crippen LogP contribution in [0.1, 0.15) is 24.1 Å². The number of nitrogens with zero attached hydrogens (tertiary/aromatic N) is 2. The number of hydrogen-bond acceptors (Lipinski definition) is 7. The number of aliphatic hydroxyl groups is 1. The van der Waals surface area contributed by atoms with Gasteiger partial charge in [-0.1, -0.05) is 18.2 Å². The van der Waals surface area contributed by atoms with E-state index >= 15 is 0 Å². The van der Waals surface area contributed by atoms with Crippen LogP contribution in [0.15, 0.2) is 42.9 Å². The quantitative estimate of drug-likeness (QED) is 0.458. The largest absolute Gasteiger partial charge is 0.496 e. The maximum atomic E-state index is 12.4. The summed E-state index contributed by atoms with van der Waals surface area (Å²) < 4.78 is 5.26. The van der Waals surface area contributed by atoms with Crippen LogP contribution in [0.2, 0.25) is 0 Å². The number of rotatable bonds is 7. The van der Waals surface area contributed by atoms with Gasteiger partial charge in [0.2, 0.25) is 11.8 Å². The molecule has 0 unspecified atom stereocenters. The lowest BCUT2D eigenvalue weighted by Gasteiger charge is -2.17. The monoisotopic (exact) mass is 430 g/mol. The van der Waals surface area contributed by atoms with E-state index in [1.807, 2.05) is 18.2 Å². The standard InChI is InChI=1S/C20H24N4O4.CH2O2/c1-28-18-5-3-2-4-13(18)10-19(26)24-16-8-14(9-17(16)25)20(27)23-12-15-11-21-6-7-22-15;2-1-3/h2-7,11,14,16-17,25H,8-10,12H2,1H3,(H,23,27)(H,24,26);1H,(H,2,3)/t14-,16+,17+;/m0./s1. The Morgan fingerprint density at radius 2 is 2.00 bits per heavy atom. The Labute approximate surface area is 179 Å². The molecular formula is C21H26N4O6. The Kier molecular flexibility index (Phi) is 9.37. The molecule has 2 aromatic rings. The fraction of sp³-hybridized carbons (Fsp3) is 0.381. The zero-order valence-corrected chi connectivity index (χ0v) is 17.1. The number of carboxylic acid groups (broad SMARTS) is 1. The molecule has 1 aromatic carbocycles. The van der Waals surface area contributed by atoms with Crippen LogP contribution in [0.5, 0.6) is 5.75 Å². The van der Waals surface area contributed by atoms with Crippen LogP contribution in [0.3, 0.4) is 0 Å².